The molecule has 0 aliphatic heterocycles. The van der Waals surface area contributed by atoms with Gasteiger partial charge in [-0.3, -0.25) is 9.10 Å². The van der Waals surface area contributed by atoms with Crippen LogP contribution in [0.5, 0.6) is 5.75 Å². The molecule has 0 radical (unpaired) electrons. The SMILES string of the molecule is CCOc1ccc(N([C@@H](C)C(=O)N[C@H](C)c2ccc(C)cc2C)S(C)(=O)=O)cc1. The van der Waals surface area contributed by atoms with E-state index in [2.05, 4.69) is 11.4 Å². The molecule has 1 N–H and O–H groups in total. The summed E-state index contributed by atoms with van der Waals surface area (Å²) in [6.07, 6.45) is 1.10. The number of benzene rings is 2. The first-order valence-corrected chi connectivity index (χ1v) is 11.5. The molecular formula is C22H30N2O4S. The molecule has 0 aliphatic rings. The molecule has 2 atom stereocenters. The van der Waals surface area contributed by atoms with E-state index in [-0.39, 0.29) is 11.9 Å². The van der Waals surface area contributed by atoms with Crippen molar-refractivity contribution in [2.24, 2.45) is 0 Å². The Hall–Kier alpha value is -2.54. The summed E-state index contributed by atoms with van der Waals surface area (Å²) in [5.41, 5.74) is 3.65. The van der Waals surface area contributed by atoms with E-state index in [4.69, 9.17) is 4.74 Å². The van der Waals surface area contributed by atoms with E-state index < -0.39 is 16.1 Å². The average molecular weight is 419 g/mol. The van der Waals surface area contributed by atoms with Crippen molar-refractivity contribution in [3.05, 3.63) is 59.2 Å². The zero-order valence-corrected chi connectivity index (χ0v) is 18.7. The smallest absolute Gasteiger partial charge is 0.244 e. The second-order valence-corrected chi connectivity index (χ2v) is 9.11. The van der Waals surface area contributed by atoms with Crippen LogP contribution in [0.25, 0.3) is 0 Å². The minimum atomic E-state index is -3.67. The minimum absolute atomic E-state index is 0.243. The van der Waals surface area contributed by atoms with Gasteiger partial charge in [0.05, 0.1) is 24.6 Å². The van der Waals surface area contributed by atoms with E-state index in [1.165, 1.54) is 0 Å². The highest BCUT2D eigenvalue weighted by Gasteiger charge is 2.30. The van der Waals surface area contributed by atoms with Gasteiger partial charge in [-0.05, 0) is 70.0 Å². The van der Waals surface area contributed by atoms with Crippen LogP contribution in [0.3, 0.4) is 0 Å². The van der Waals surface area contributed by atoms with Gasteiger partial charge in [0.2, 0.25) is 15.9 Å². The Morgan fingerprint density at radius 2 is 1.72 bits per heavy atom. The average Bonchev–Trinajstić information content (AvgIpc) is 2.62. The van der Waals surface area contributed by atoms with Gasteiger partial charge in [-0.15, -0.1) is 0 Å². The van der Waals surface area contributed by atoms with Gasteiger partial charge in [-0.2, -0.15) is 0 Å². The van der Waals surface area contributed by atoms with E-state index in [1.54, 1.807) is 31.2 Å². The van der Waals surface area contributed by atoms with Crippen molar-refractivity contribution in [3.8, 4) is 5.75 Å². The van der Waals surface area contributed by atoms with Gasteiger partial charge >= 0.3 is 0 Å². The molecule has 0 saturated carbocycles. The molecule has 7 heteroatoms. The van der Waals surface area contributed by atoms with E-state index in [1.807, 2.05) is 39.8 Å². The van der Waals surface area contributed by atoms with Crippen molar-refractivity contribution in [1.29, 1.82) is 0 Å². The van der Waals surface area contributed by atoms with Crippen LogP contribution in [0.2, 0.25) is 0 Å². The quantitative estimate of drug-likeness (QED) is 0.709. The lowest BCUT2D eigenvalue weighted by Gasteiger charge is -2.29. The van der Waals surface area contributed by atoms with Gasteiger partial charge < -0.3 is 10.1 Å². The van der Waals surface area contributed by atoms with Crippen molar-refractivity contribution in [2.45, 2.75) is 46.7 Å². The number of ether oxygens (including phenoxy) is 1. The summed E-state index contributed by atoms with van der Waals surface area (Å²) in [7, 11) is -3.67. The number of anilines is 1. The Morgan fingerprint density at radius 1 is 1.10 bits per heavy atom. The molecule has 2 aromatic carbocycles. The largest absolute Gasteiger partial charge is 0.494 e. The van der Waals surface area contributed by atoms with E-state index in [0.717, 1.165) is 27.3 Å². The van der Waals surface area contributed by atoms with Crippen molar-refractivity contribution in [3.63, 3.8) is 0 Å². The molecule has 1 amide bonds. The van der Waals surface area contributed by atoms with E-state index in [0.29, 0.717) is 18.0 Å². The van der Waals surface area contributed by atoms with E-state index in [9.17, 15) is 13.2 Å². The molecule has 0 aromatic heterocycles. The lowest BCUT2D eigenvalue weighted by Crippen LogP contribution is -2.48. The molecule has 0 spiro atoms. The number of rotatable bonds is 8. The third-order valence-electron chi connectivity index (χ3n) is 4.74. The van der Waals surface area contributed by atoms with Gasteiger partial charge in [-0.1, -0.05) is 23.8 Å². The van der Waals surface area contributed by atoms with Crippen molar-refractivity contribution in [2.75, 3.05) is 17.2 Å². The highest BCUT2D eigenvalue weighted by molar-refractivity contribution is 7.92. The highest BCUT2D eigenvalue weighted by Crippen LogP contribution is 2.25. The molecule has 158 valence electrons. The van der Waals surface area contributed by atoms with Gasteiger partial charge in [0.1, 0.15) is 11.8 Å². The number of hydrogen-bond acceptors (Lipinski definition) is 4. The number of aryl methyl sites for hydroxylation is 2. The number of amides is 1. The molecule has 0 saturated heterocycles. The third-order valence-corrected chi connectivity index (χ3v) is 5.98. The fourth-order valence-corrected chi connectivity index (χ4v) is 4.56. The highest BCUT2D eigenvalue weighted by atomic mass is 32.2. The lowest BCUT2D eigenvalue weighted by atomic mass is 10.00. The maximum Gasteiger partial charge on any atom is 0.244 e. The molecular weight excluding hydrogens is 388 g/mol. The molecule has 6 nitrogen and oxygen atoms in total. The third kappa shape index (κ3) is 5.73. The fourth-order valence-electron chi connectivity index (χ4n) is 3.39. The minimum Gasteiger partial charge on any atom is -0.494 e. The number of sulfonamides is 1. The van der Waals surface area contributed by atoms with Gasteiger partial charge in [0.15, 0.2) is 0 Å². The Morgan fingerprint density at radius 3 is 2.24 bits per heavy atom. The molecule has 29 heavy (non-hydrogen) atoms. The maximum atomic E-state index is 12.9. The zero-order valence-electron chi connectivity index (χ0n) is 17.9. The Bertz CT molecular complexity index is 955. The molecule has 0 heterocycles. The van der Waals surface area contributed by atoms with Gasteiger partial charge in [-0.25, -0.2) is 8.42 Å². The summed E-state index contributed by atoms with van der Waals surface area (Å²) < 4.78 is 31.4. The predicted octanol–water partition coefficient (Wildman–Crippen LogP) is 3.73. The van der Waals surface area contributed by atoms with Crippen molar-refractivity contribution in [1.82, 2.24) is 5.32 Å². The number of nitrogens with zero attached hydrogens (tertiary/aromatic N) is 1. The summed E-state index contributed by atoms with van der Waals surface area (Å²) in [5.74, 6) is 0.280. The molecule has 0 unspecified atom stereocenters. The summed E-state index contributed by atoms with van der Waals surface area (Å²) in [6, 6.07) is 11.6. The normalized spacial score (nSPS) is 13.4. The van der Waals surface area contributed by atoms with Crippen LogP contribution in [0, 0.1) is 13.8 Å². The van der Waals surface area contributed by atoms with Gasteiger partial charge in [0.25, 0.3) is 0 Å². The van der Waals surface area contributed by atoms with Crippen LogP contribution in [0.1, 0.15) is 43.5 Å². The van der Waals surface area contributed by atoms with Crippen LogP contribution in [0.15, 0.2) is 42.5 Å². The first kappa shape index (κ1) is 22.7. The first-order chi connectivity index (χ1) is 13.5. The zero-order chi connectivity index (χ0) is 21.8. The van der Waals surface area contributed by atoms with Crippen LogP contribution in [0.4, 0.5) is 5.69 Å². The summed E-state index contributed by atoms with van der Waals surface area (Å²) in [5, 5.41) is 2.94. The van der Waals surface area contributed by atoms with Crippen LogP contribution in [-0.2, 0) is 14.8 Å². The molecule has 0 bridgehead atoms. The first-order valence-electron chi connectivity index (χ1n) is 9.64. The number of carbonyl (C=O) groups is 1. The summed E-state index contributed by atoms with van der Waals surface area (Å²) in [4.78, 5) is 12.9. The number of hydrogen-bond donors (Lipinski definition) is 1. The van der Waals surface area contributed by atoms with Crippen LogP contribution >= 0.6 is 0 Å². The lowest BCUT2D eigenvalue weighted by molar-refractivity contribution is -0.122. The maximum absolute atomic E-state index is 12.9. The number of carbonyl (C=O) groups excluding carboxylic acids is 1. The van der Waals surface area contributed by atoms with Crippen molar-refractivity contribution < 1.29 is 17.9 Å². The van der Waals surface area contributed by atoms with Crippen LogP contribution in [-0.4, -0.2) is 33.2 Å². The second kappa shape index (κ2) is 9.31. The topological polar surface area (TPSA) is 75.7 Å². The van der Waals surface area contributed by atoms with Gasteiger partial charge in [0, 0.05) is 0 Å². The molecule has 2 aromatic rings. The van der Waals surface area contributed by atoms with E-state index >= 15 is 0 Å². The predicted molar refractivity (Wildman–Crippen MR) is 117 cm³/mol. The monoisotopic (exact) mass is 418 g/mol. The molecule has 0 fully saturated rings. The summed E-state index contributed by atoms with van der Waals surface area (Å²) >= 11 is 0. The number of nitrogens with one attached hydrogen (secondary N) is 1. The summed E-state index contributed by atoms with van der Waals surface area (Å²) in [6.45, 7) is 9.88. The molecule has 0 aliphatic carbocycles. The van der Waals surface area contributed by atoms with Crippen LogP contribution < -0.4 is 14.4 Å². The second-order valence-electron chi connectivity index (χ2n) is 7.25. The molecule has 2 rings (SSSR count). The van der Waals surface area contributed by atoms with Crippen molar-refractivity contribution >= 4 is 21.6 Å². The standard InChI is InChI=1S/C22H30N2O4S/c1-7-28-20-11-9-19(10-12-20)24(29(6,26)27)18(5)22(25)23-17(4)21-13-8-15(2)14-16(21)3/h8-14,17-18H,7H2,1-6H3,(H,23,25)/t17-,18+/m1/s1. The Labute approximate surface area is 173 Å². The Balaban J connectivity index is 2.24. The fraction of sp³-hybridized carbons (Fsp3) is 0.409. The Kier molecular flexibility index (Phi) is 7.30.